The van der Waals surface area contributed by atoms with Crippen LogP contribution in [-0.2, 0) is 0 Å². The summed E-state index contributed by atoms with van der Waals surface area (Å²) in [6, 6.07) is 3.88. The summed E-state index contributed by atoms with van der Waals surface area (Å²) in [5, 5.41) is 0. The molecule has 0 aliphatic carbocycles. The molecule has 0 saturated heterocycles. The van der Waals surface area contributed by atoms with E-state index in [0.717, 1.165) is 18.2 Å². The van der Waals surface area contributed by atoms with Crippen LogP contribution in [0.25, 0.3) is 0 Å². The van der Waals surface area contributed by atoms with Gasteiger partial charge in [-0.05, 0) is 45.8 Å². The van der Waals surface area contributed by atoms with Crippen LogP contribution in [0.3, 0.4) is 0 Å². The summed E-state index contributed by atoms with van der Waals surface area (Å²) >= 11 is 2.92. The van der Waals surface area contributed by atoms with Gasteiger partial charge in [-0.1, -0.05) is 6.07 Å². The molecule has 0 radical (unpaired) electrons. The lowest BCUT2D eigenvalue weighted by Gasteiger charge is -2.15. The van der Waals surface area contributed by atoms with E-state index < -0.39 is 34.9 Å². The Morgan fingerprint density at radius 2 is 1.53 bits per heavy atom. The van der Waals surface area contributed by atoms with Crippen molar-refractivity contribution in [3.8, 4) is 0 Å². The van der Waals surface area contributed by atoms with Gasteiger partial charge in [0, 0.05) is 5.56 Å². The molecule has 2 rings (SSSR count). The van der Waals surface area contributed by atoms with E-state index >= 15 is 0 Å². The summed E-state index contributed by atoms with van der Waals surface area (Å²) in [6.07, 6.45) is 0. The first-order valence-corrected chi connectivity index (χ1v) is 6.05. The third kappa shape index (κ3) is 2.64. The number of nitrogens with two attached hydrogens (primary N) is 1. The molecule has 2 aromatic rings. The Hall–Kier alpha value is -1.40. The molecule has 0 spiro atoms. The predicted octanol–water partition coefficient (Wildman–Crippen LogP) is 4.05. The van der Waals surface area contributed by atoms with Crippen molar-refractivity contribution in [3.05, 3.63) is 69.2 Å². The number of hydrogen-bond donors (Lipinski definition) is 1. The summed E-state index contributed by atoms with van der Waals surface area (Å²) in [5.74, 6) is -3.88. The van der Waals surface area contributed by atoms with Crippen molar-refractivity contribution in [2.24, 2.45) is 5.73 Å². The van der Waals surface area contributed by atoms with Gasteiger partial charge in [0.2, 0.25) is 0 Å². The second kappa shape index (κ2) is 5.30. The normalized spacial score (nSPS) is 12.5. The summed E-state index contributed by atoms with van der Waals surface area (Å²) in [4.78, 5) is 0. The molecule has 0 amide bonds. The fraction of sp³-hybridized carbons (Fsp3) is 0.0769. The van der Waals surface area contributed by atoms with Gasteiger partial charge in [-0.25, -0.2) is 17.6 Å². The standard InChI is InChI=1S/C13H8BrF4N/c14-7-2-4-9(16)11(12(7)18)13(19)6-1-3-8(15)10(17)5-6/h1-5,13H,19H2. The average Bonchev–Trinajstić information content (AvgIpc) is 2.37. The molecule has 2 N–H and O–H groups in total. The Kier molecular flexibility index (Phi) is 3.91. The van der Waals surface area contributed by atoms with Gasteiger partial charge in [0.25, 0.3) is 0 Å². The molecule has 1 unspecified atom stereocenters. The number of rotatable bonds is 2. The molecule has 0 fully saturated rings. The van der Waals surface area contributed by atoms with E-state index in [0.29, 0.717) is 0 Å². The summed E-state index contributed by atoms with van der Waals surface area (Å²) in [5.41, 5.74) is 5.39. The molecule has 0 aromatic heterocycles. The van der Waals surface area contributed by atoms with E-state index in [9.17, 15) is 17.6 Å². The van der Waals surface area contributed by atoms with Gasteiger partial charge in [-0.2, -0.15) is 0 Å². The highest BCUT2D eigenvalue weighted by Crippen LogP contribution is 2.29. The smallest absolute Gasteiger partial charge is 0.159 e. The molecule has 0 heterocycles. The van der Waals surface area contributed by atoms with Gasteiger partial charge in [0.1, 0.15) is 11.6 Å². The molecule has 0 aliphatic rings. The SMILES string of the molecule is NC(c1ccc(F)c(F)c1)c1c(F)ccc(Br)c1F. The van der Waals surface area contributed by atoms with Gasteiger partial charge in [0.05, 0.1) is 10.5 Å². The molecule has 100 valence electrons. The molecular formula is C13H8BrF4N. The Labute approximate surface area is 115 Å². The number of benzene rings is 2. The van der Waals surface area contributed by atoms with E-state index in [4.69, 9.17) is 5.73 Å². The highest BCUT2D eigenvalue weighted by molar-refractivity contribution is 9.10. The van der Waals surface area contributed by atoms with E-state index in [1.165, 1.54) is 12.1 Å². The van der Waals surface area contributed by atoms with Crippen LogP contribution >= 0.6 is 15.9 Å². The highest BCUT2D eigenvalue weighted by atomic mass is 79.9. The van der Waals surface area contributed by atoms with Crippen molar-refractivity contribution < 1.29 is 17.6 Å². The minimum atomic E-state index is -1.23. The summed E-state index contributed by atoms with van der Waals surface area (Å²) in [7, 11) is 0. The van der Waals surface area contributed by atoms with Gasteiger partial charge in [0.15, 0.2) is 11.6 Å². The minimum Gasteiger partial charge on any atom is -0.320 e. The van der Waals surface area contributed by atoms with Crippen LogP contribution in [0.5, 0.6) is 0 Å². The first-order chi connectivity index (χ1) is 8.91. The zero-order chi connectivity index (χ0) is 14.2. The molecule has 2 aromatic carbocycles. The van der Waals surface area contributed by atoms with Gasteiger partial charge >= 0.3 is 0 Å². The number of hydrogen-bond acceptors (Lipinski definition) is 1. The van der Waals surface area contributed by atoms with Crippen molar-refractivity contribution >= 4 is 15.9 Å². The highest BCUT2D eigenvalue weighted by Gasteiger charge is 2.21. The van der Waals surface area contributed by atoms with E-state index in [-0.39, 0.29) is 10.0 Å². The molecule has 1 atom stereocenters. The van der Waals surface area contributed by atoms with Gasteiger partial charge in [-0.15, -0.1) is 0 Å². The van der Waals surface area contributed by atoms with Gasteiger partial charge < -0.3 is 5.73 Å². The third-order valence-electron chi connectivity index (χ3n) is 2.69. The lowest BCUT2D eigenvalue weighted by molar-refractivity contribution is 0.504. The van der Waals surface area contributed by atoms with Crippen LogP contribution in [-0.4, -0.2) is 0 Å². The second-order valence-electron chi connectivity index (χ2n) is 3.91. The van der Waals surface area contributed by atoms with Crippen molar-refractivity contribution in [1.82, 2.24) is 0 Å². The largest absolute Gasteiger partial charge is 0.320 e. The lowest BCUT2D eigenvalue weighted by Crippen LogP contribution is -2.16. The van der Waals surface area contributed by atoms with E-state index in [1.54, 1.807) is 0 Å². The van der Waals surface area contributed by atoms with Crippen molar-refractivity contribution in [1.29, 1.82) is 0 Å². The maximum atomic E-state index is 13.8. The molecule has 0 bridgehead atoms. The second-order valence-corrected chi connectivity index (χ2v) is 4.76. The first kappa shape index (κ1) is 14.0. The quantitative estimate of drug-likeness (QED) is 0.651. The molecular weight excluding hydrogens is 326 g/mol. The Balaban J connectivity index is 2.52. The van der Waals surface area contributed by atoms with E-state index in [2.05, 4.69) is 15.9 Å². The van der Waals surface area contributed by atoms with Gasteiger partial charge in [-0.3, -0.25) is 0 Å². The molecule has 1 nitrogen and oxygen atoms in total. The monoisotopic (exact) mass is 333 g/mol. The number of halogens is 5. The fourth-order valence-corrected chi connectivity index (χ4v) is 2.05. The van der Waals surface area contributed by atoms with Crippen molar-refractivity contribution in [2.75, 3.05) is 0 Å². The first-order valence-electron chi connectivity index (χ1n) is 5.25. The maximum absolute atomic E-state index is 13.8. The van der Waals surface area contributed by atoms with Crippen LogP contribution in [0, 0.1) is 23.3 Å². The van der Waals surface area contributed by atoms with E-state index in [1.807, 2.05) is 0 Å². The van der Waals surface area contributed by atoms with Crippen molar-refractivity contribution in [2.45, 2.75) is 6.04 Å². The zero-order valence-electron chi connectivity index (χ0n) is 9.43. The van der Waals surface area contributed by atoms with Crippen LogP contribution in [0.4, 0.5) is 17.6 Å². The maximum Gasteiger partial charge on any atom is 0.159 e. The van der Waals surface area contributed by atoms with Crippen LogP contribution in [0.15, 0.2) is 34.8 Å². The molecule has 0 saturated carbocycles. The zero-order valence-corrected chi connectivity index (χ0v) is 11.0. The minimum absolute atomic E-state index is 0.0435. The fourth-order valence-electron chi connectivity index (χ4n) is 1.70. The molecule has 19 heavy (non-hydrogen) atoms. The summed E-state index contributed by atoms with van der Waals surface area (Å²) in [6.45, 7) is 0. The van der Waals surface area contributed by atoms with Crippen LogP contribution < -0.4 is 5.73 Å². The average molecular weight is 334 g/mol. The predicted molar refractivity (Wildman–Crippen MR) is 66.4 cm³/mol. The van der Waals surface area contributed by atoms with Crippen molar-refractivity contribution in [3.63, 3.8) is 0 Å². The Bertz CT molecular complexity index is 630. The molecule has 0 aliphatic heterocycles. The lowest BCUT2D eigenvalue weighted by atomic mass is 9.98. The third-order valence-corrected chi connectivity index (χ3v) is 3.31. The summed E-state index contributed by atoms with van der Waals surface area (Å²) < 4.78 is 53.4. The Morgan fingerprint density at radius 1 is 0.895 bits per heavy atom. The Morgan fingerprint density at radius 3 is 2.16 bits per heavy atom. The molecule has 6 heteroatoms. The van der Waals surface area contributed by atoms with Crippen LogP contribution in [0.1, 0.15) is 17.2 Å². The topological polar surface area (TPSA) is 26.0 Å². The van der Waals surface area contributed by atoms with Crippen LogP contribution in [0.2, 0.25) is 0 Å².